The second-order valence-corrected chi connectivity index (χ2v) is 10.1. The van der Waals surface area contributed by atoms with Crippen molar-refractivity contribution in [3.63, 3.8) is 0 Å². The number of aromatic nitrogens is 1. The van der Waals surface area contributed by atoms with Gasteiger partial charge in [0.05, 0.1) is 27.7 Å². The summed E-state index contributed by atoms with van der Waals surface area (Å²) >= 11 is 12.4. The van der Waals surface area contributed by atoms with Gasteiger partial charge >= 0.3 is 0 Å². The van der Waals surface area contributed by atoms with Crippen molar-refractivity contribution in [2.75, 3.05) is 11.4 Å². The van der Waals surface area contributed by atoms with E-state index < -0.39 is 6.04 Å². The van der Waals surface area contributed by atoms with Gasteiger partial charge in [0.1, 0.15) is 18.4 Å². The number of hydrogen-bond acceptors (Lipinski definition) is 2. The molecule has 0 saturated heterocycles. The quantitative estimate of drug-likeness (QED) is 0.287. The van der Waals surface area contributed by atoms with Crippen molar-refractivity contribution in [3.05, 3.63) is 118 Å². The molecule has 37 heavy (non-hydrogen) atoms. The van der Waals surface area contributed by atoms with Crippen molar-refractivity contribution in [3.8, 4) is 5.69 Å². The van der Waals surface area contributed by atoms with E-state index >= 15 is 0 Å². The van der Waals surface area contributed by atoms with Gasteiger partial charge in [-0.25, -0.2) is 4.39 Å². The fraction of sp³-hybridized carbons (Fsp3) is 0.172. The lowest BCUT2D eigenvalue weighted by molar-refractivity contribution is -0.119. The molecular formula is C29H22Cl2FN3O2. The molecule has 2 aliphatic rings. The van der Waals surface area contributed by atoms with Gasteiger partial charge in [0, 0.05) is 17.3 Å². The first-order valence-electron chi connectivity index (χ1n) is 12.0. The number of carbonyl (C=O) groups is 2. The van der Waals surface area contributed by atoms with Crippen LogP contribution in [0.1, 0.15) is 40.5 Å². The number of rotatable bonds is 5. The van der Waals surface area contributed by atoms with E-state index in [1.807, 2.05) is 47.2 Å². The van der Waals surface area contributed by atoms with E-state index in [1.165, 1.54) is 18.2 Å². The minimum absolute atomic E-state index is 0.0311. The van der Waals surface area contributed by atoms with Crippen molar-refractivity contribution >= 4 is 40.7 Å². The summed E-state index contributed by atoms with van der Waals surface area (Å²) in [5.74, 6) is -0.886. The Morgan fingerprint density at radius 2 is 1.65 bits per heavy atom. The van der Waals surface area contributed by atoms with Gasteiger partial charge in [0.2, 0.25) is 5.91 Å². The second-order valence-electron chi connectivity index (χ2n) is 9.30. The summed E-state index contributed by atoms with van der Waals surface area (Å²) in [5, 5.41) is 0.687. The zero-order valence-corrected chi connectivity index (χ0v) is 21.2. The average molecular weight is 534 g/mol. The highest BCUT2D eigenvalue weighted by molar-refractivity contribution is 6.36. The van der Waals surface area contributed by atoms with Crippen LogP contribution in [0, 0.1) is 5.82 Å². The maximum absolute atomic E-state index is 14.2. The largest absolute Gasteiger partial charge is 0.326 e. The Bertz CT molecular complexity index is 1510. The zero-order valence-electron chi connectivity index (χ0n) is 19.7. The molecule has 2 heterocycles. The van der Waals surface area contributed by atoms with Crippen molar-refractivity contribution in [1.29, 1.82) is 0 Å². The molecule has 0 unspecified atom stereocenters. The van der Waals surface area contributed by atoms with Crippen LogP contribution in [0.3, 0.4) is 0 Å². The number of anilines is 1. The average Bonchev–Trinajstić information content (AvgIpc) is 3.61. The lowest BCUT2D eigenvalue weighted by Crippen LogP contribution is -2.47. The number of hydrogen-bond donors (Lipinski definition) is 0. The normalized spacial score (nSPS) is 16.2. The van der Waals surface area contributed by atoms with Gasteiger partial charge in [-0.3, -0.25) is 14.5 Å². The summed E-state index contributed by atoms with van der Waals surface area (Å²) < 4.78 is 15.9. The fourth-order valence-corrected chi connectivity index (χ4v) is 5.50. The second kappa shape index (κ2) is 9.36. The molecule has 3 aromatic carbocycles. The third-order valence-electron chi connectivity index (χ3n) is 6.89. The summed E-state index contributed by atoms with van der Waals surface area (Å²) in [7, 11) is 0. The molecule has 0 bridgehead atoms. The van der Waals surface area contributed by atoms with Gasteiger partial charge in [-0.05, 0) is 73.0 Å². The van der Waals surface area contributed by atoms with E-state index in [0.717, 1.165) is 35.5 Å². The Morgan fingerprint density at radius 1 is 0.919 bits per heavy atom. The molecule has 0 radical (unpaired) electrons. The third kappa shape index (κ3) is 4.30. The first kappa shape index (κ1) is 23.8. The predicted octanol–water partition coefficient (Wildman–Crippen LogP) is 6.66. The van der Waals surface area contributed by atoms with Crippen LogP contribution in [0.4, 0.5) is 10.1 Å². The number of halogens is 3. The Hall–Kier alpha value is -3.61. The molecule has 1 aliphatic heterocycles. The number of amides is 2. The molecule has 1 saturated carbocycles. The van der Waals surface area contributed by atoms with E-state index in [-0.39, 0.29) is 35.2 Å². The van der Waals surface area contributed by atoms with E-state index in [4.69, 9.17) is 23.2 Å². The van der Waals surface area contributed by atoms with E-state index in [9.17, 15) is 14.0 Å². The zero-order chi connectivity index (χ0) is 25.7. The van der Waals surface area contributed by atoms with Crippen LogP contribution in [0.25, 0.3) is 5.69 Å². The smallest absolute Gasteiger partial charge is 0.256 e. The summed E-state index contributed by atoms with van der Waals surface area (Å²) in [4.78, 5) is 31.0. The van der Waals surface area contributed by atoms with E-state index in [0.29, 0.717) is 10.6 Å². The van der Waals surface area contributed by atoms with E-state index in [2.05, 4.69) is 0 Å². The number of fused-ring (bicyclic) bond motifs is 3. The maximum Gasteiger partial charge on any atom is 0.256 e. The Morgan fingerprint density at radius 3 is 2.35 bits per heavy atom. The van der Waals surface area contributed by atoms with E-state index in [1.54, 1.807) is 34.1 Å². The van der Waals surface area contributed by atoms with Crippen LogP contribution in [0.2, 0.25) is 10.0 Å². The van der Waals surface area contributed by atoms with Crippen molar-refractivity contribution in [1.82, 2.24) is 9.47 Å². The minimum Gasteiger partial charge on any atom is -0.326 e. The highest BCUT2D eigenvalue weighted by Crippen LogP contribution is 2.42. The van der Waals surface area contributed by atoms with Gasteiger partial charge in [0.15, 0.2) is 0 Å². The fourth-order valence-electron chi connectivity index (χ4n) is 5.01. The molecule has 1 aromatic heterocycles. The molecule has 4 aromatic rings. The third-order valence-corrected chi connectivity index (χ3v) is 7.44. The van der Waals surface area contributed by atoms with Crippen LogP contribution in [0.5, 0.6) is 0 Å². The number of benzene rings is 3. The SMILES string of the molecule is O=C(c1ccc(Cl)cc1Cl)N(CC(=O)N1c2ccccc2-n2cccc2[C@@H]1c1ccc(F)cc1)C1CC1. The minimum atomic E-state index is -0.492. The van der Waals surface area contributed by atoms with Gasteiger partial charge < -0.3 is 9.47 Å². The maximum atomic E-state index is 14.2. The van der Waals surface area contributed by atoms with Crippen molar-refractivity contribution in [2.45, 2.75) is 24.9 Å². The Balaban J connectivity index is 1.41. The molecule has 0 spiro atoms. The van der Waals surface area contributed by atoms with Gasteiger partial charge in [-0.2, -0.15) is 0 Å². The van der Waals surface area contributed by atoms with Gasteiger partial charge in [-0.1, -0.05) is 47.5 Å². The molecule has 6 rings (SSSR count). The highest BCUT2D eigenvalue weighted by Gasteiger charge is 2.40. The summed E-state index contributed by atoms with van der Waals surface area (Å²) in [6.45, 7) is -0.116. The molecule has 1 fully saturated rings. The van der Waals surface area contributed by atoms with Gasteiger partial charge in [-0.15, -0.1) is 0 Å². The van der Waals surface area contributed by atoms with Crippen LogP contribution in [-0.2, 0) is 4.79 Å². The predicted molar refractivity (Wildman–Crippen MR) is 142 cm³/mol. The Kier molecular flexibility index (Phi) is 6.01. The number of carbonyl (C=O) groups excluding carboxylic acids is 2. The molecule has 1 atom stereocenters. The molecule has 2 amide bonds. The molecule has 0 N–H and O–H groups in total. The highest BCUT2D eigenvalue weighted by atomic mass is 35.5. The number of para-hydroxylation sites is 2. The number of nitrogens with zero attached hydrogens (tertiary/aromatic N) is 3. The van der Waals surface area contributed by atoms with Crippen LogP contribution in [0.15, 0.2) is 85.1 Å². The standard InChI is InChI=1S/C29H22Cl2FN3O2/c30-19-9-14-22(23(31)16-19)29(37)34(21-12-13-21)17-27(36)35-25-5-2-1-4-24(25)33-15-3-6-26(33)28(35)18-7-10-20(32)11-8-18/h1-11,14-16,21,28H,12-13,17H2/t28-/m0/s1. The molecule has 8 heteroatoms. The topological polar surface area (TPSA) is 45.6 Å². The molecular weight excluding hydrogens is 512 g/mol. The summed E-state index contributed by atoms with van der Waals surface area (Å²) in [5.41, 5.74) is 3.55. The summed E-state index contributed by atoms with van der Waals surface area (Å²) in [6, 6.07) is 22.0. The van der Waals surface area contributed by atoms with Crippen molar-refractivity contribution in [2.24, 2.45) is 0 Å². The van der Waals surface area contributed by atoms with Crippen LogP contribution < -0.4 is 4.90 Å². The molecule has 5 nitrogen and oxygen atoms in total. The van der Waals surface area contributed by atoms with Crippen LogP contribution >= 0.6 is 23.2 Å². The summed E-state index contributed by atoms with van der Waals surface area (Å²) in [6.07, 6.45) is 3.60. The Labute approximate surface area is 223 Å². The first-order valence-corrected chi connectivity index (χ1v) is 12.8. The molecule has 186 valence electrons. The van der Waals surface area contributed by atoms with Gasteiger partial charge in [0.25, 0.3) is 5.91 Å². The lowest BCUT2D eigenvalue weighted by atomic mass is 9.97. The molecule has 1 aliphatic carbocycles. The van der Waals surface area contributed by atoms with Crippen LogP contribution in [-0.4, -0.2) is 33.9 Å². The lowest BCUT2D eigenvalue weighted by Gasteiger charge is -2.39. The van der Waals surface area contributed by atoms with Crippen molar-refractivity contribution < 1.29 is 14.0 Å². The first-order chi connectivity index (χ1) is 17.9. The monoisotopic (exact) mass is 533 g/mol.